The lowest BCUT2D eigenvalue weighted by molar-refractivity contribution is -0.118. The molecule has 0 bridgehead atoms. The third kappa shape index (κ3) is 2.36. The van der Waals surface area contributed by atoms with Crippen molar-refractivity contribution < 1.29 is 9.63 Å². The van der Waals surface area contributed by atoms with Crippen LogP contribution in [0.25, 0.3) is 0 Å². The van der Waals surface area contributed by atoms with Gasteiger partial charge in [0.15, 0.2) is 5.78 Å². The summed E-state index contributed by atoms with van der Waals surface area (Å²) in [6.45, 7) is 5.34. The number of fused-ring (bicyclic) bond motifs is 4. The second-order valence-corrected chi connectivity index (χ2v) is 7.85. The van der Waals surface area contributed by atoms with Crippen LogP contribution in [0.5, 0.6) is 0 Å². The molecule has 1 aromatic rings. The van der Waals surface area contributed by atoms with Gasteiger partial charge in [0.2, 0.25) is 0 Å². The van der Waals surface area contributed by atoms with E-state index < -0.39 is 0 Å². The summed E-state index contributed by atoms with van der Waals surface area (Å²) in [7, 11) is 1.56. The van der Waals surface area contributed by atoms with Crippen molar-refractivity contribution in [2.75, 3.05) is 13.7 Å². The van der Waals surface area contributed by atoms with Gasteiger partial charge in [0.1, 0.15) is 7.11 Å². The molecule has 1 aliphatic carbocycles. The van der Waals surface area contributed by atoms with Gasteiger partial charge in [0.05, 0.1) is 17.3 Å². The molecule has 0 N–H and O–H groups in total. The Morgan fingerprint density at radius 1 is 1.25 bits per heavy atom. The summed E-state index contributed by atoms with van der Waals surface area (Å²) < 4.78 is 0. The van der Waals surface area contributed by atoms with Gasteiger partial charge in [-0.25, -0.2) is 0 Å². The summed E-state index contributed by atoms with van der Waals surface area (Å²) in [5, 5.41) is 4.24. The lowest BCUT2D eigenvalue weighted by Gasteiger charge is -2.48. The van der Waals surface area contributed by atoms with Crippen LogP contribution in [0.1, 0.15) is 50.3 Å². The minimum atomic E-state index is 0.00690. The Bertz CT molecular complexity index is 761. The Morgan fingerprint density at radius 2 is 2.04 bits per heavy atom. The molecule has 0 saturated carbocycles. The van der Waals surface area contributed by atoms with E-state index >= 15 is 0 Å². The fourth-order valence-corrected chi connectivity index (χ4v) is 4.53. The van der Waals surface area contributed by atoms with E-state index in [0.29, 0.717) is 6.42 Å². The predicted octanol–water partition coefficient (Wildman–Crippen LogP) is 3.64. The number of Topliss-reactive ketones (excluding diaryl/α,β-unsaturated/α-hetero) is 1. The Morgan fingerprint density at radius 3 is 2.83 bits per heavy atom. The van der Waals surface area contributed by atoms with Gasteiger partial charge in [-0.3, -0.25) is 4.79 Å². The molecule has 3 aliphatic rings. The third-order valence-electron chi connectivity index (χ3n) is 5.49. The molecule has 0 amide bonds. The first-order valence-electron chi connectivity index (χ1n) is 8.71. The third-order valence-corrected chi connectivity index (χ3v) is 5.49. The maximum Gasteiger partial charge on any atom is 0.167 e. The quantitative estimate of drug-likeness (QED) is 0.741. The number of carbonyl (C=O) groups is 1. The minimum absolute atomic E-state index is 0.00690. The molecule has 4 nitrogen and oxygen atoms in total. The number of oxime groups is 1. The van der Waals surface area contributed by atoms with Crippen molar-refractivity contribution >= 4 is 11.5 Å². The summed E-state index contributed by atoms with van der Waals surface area (Å²) in [6, 6.07) is 8.93. The molecule has 1 aromatic carbocycles. The largest absolute Gasteiger partial charge is 0.399 e. The second kappa shape index (κ2) is 5.47. The summed E-state index contributed by atoms with van der Waals surface area (Å²) in [5.74, 6) is 0.217. The van der Waals surface area contributed by atoms with E-state index in [1.165, 1.54) is 16.8 Å². The number of hydrogen-bond acceptors (Lipinski definition) is 4. The average Bonchev–Trinajstić information content (AvgIpc) is 2.53. The predicted molar refractivity (Wildman–Crippen MR) is 93.7 cm³/mol. The highest BCUT2D eigenvalue weighted by molar-refractivity contribution is 6.24. The van der Waals surface area contributed by atoms with E-state index in [9.17, 15) is 4.79 Å². The van der Waals surface area contributed by atoms with E-state index in [1.54, 1.807) is 7.11 Å². The number of ketones is 1. The Hall–Kier alpha value is -2.10. The van der Waals surface area contributed by atoms with Crippen LogP contribution in [-0.2, 0) is 16.1 Å². The van der Waals surface area contributed by atoms with E-state index in [1.807, 2.05) is 0 Å². The van der Waals surface area contributed by atoms with Crippen molar-refractivity contribution in [1.82, 2.24) is 4.90 Å². The van der Waals surface area contributed by atoms with Crippen LogP contribution in [0.2, 0.25) is 0 Å². The van der Waals surface area contributed by atoms with Crippen molar-refractivity contribution in [3.05, 3.63) is 46.7 Å². The van der Waals surface area contributed by atoms with Gasteiger partial charge in [0, 0.05) is 25.1 Å². The van der Waals surface area contributed by atoms with Crippen LogP contribution in [-0.4, -0.2) is 30.0 Å². The highest BCUT2D eigenvalue weighted by Gasteiger charge is 2.44. The van der Waals surface area contributed by atoms with Crippen LogP contribution in [0, 0.1) is 5.41 Å². The lowest BCUT2D eigenvalue weighted by atomic mass is 9.71. The maximum absolute atomic E-state index is 12.8. The van der Waals surface area contributed by atoms with Crippen LogP contribution >= 0.6 is 0 Å². The molecule has 126 valence electrons. The molecule has 24 heavy (non-hydrogen) atoms. The standard InChI is InChI=1S/C20H24N2O2/c1-20(2)11-17-19(18(23)12-20)15(21-24-3)10-16-14-7-5-4-6-13(14)8-9-22(16)17/h4-7,16H,8-12H2,1-3H3/b21-15+/t16-/m0/s1. The number of allylic oxidation sites excluding steroid dienone is 2. The monoisotopic (exact) mass is 324 g/mol. The molecule has 4 heteroatoms. The van der Waals surface area contributed by atoms with Crippen molar-refractivity contribution in [2.45, 2.75) is 45.6 Å². The van der Waals surface area contributed by atoms with Crippen molar-refractivity contribution in [1.29, 1.82) is 0 Å². The van der Waals surface area contributed by atoms with E-state index in [2.05, 4.69) is 48.2 Å². The summed E-state index contributed by atoms with van der Waals surface area (Å²) in [5.41, 5.74) is 5.62. The molecule has 0 radical (unpaired) electrons. The molecule has 0 fully saturated rings. The first kappa shape index (κ1) is 15.4. The molecule has 4 rings (SSSR count). The van der Waals surface area contributed by atoms with Gasteiger partial charge >= 0.3 is 0 Å². The van der Waals surface area contributed by atoms with Crippen LogP contribution < -0.4 is 0 Å². The molecular weight excluding hydrogens is 300 g/mol. The fraction of sp³-hybridized carbons (Fsp3) is 0.500. The topological polar surface area (TPSA) is 41.9 Å². The number of benzene rings is 1. The highest BCUT2D eigenvalue weighted by Crippen LogP contribution is 2.47. The number of carbonyl (C=O) groups excluding carboxylic acids is 1. The van der Waals surface area contributed by atoms with Gasteiger partial charge in [-0.1, -0.05) is 43.3 Å². The van der Waals surface area contributed by atoms with Crippen LogP contribution in [0.4, 0.5) is 0 Å². The zero-order valence-corrected chi connectivity index (χ0v) is 14.6. The molecule has 0 saturated heterocycles. The average molecular weight is 324 g/mol. The normalized spacial score (nSPS) is 26.8. The zero-order chi connectivity index (χ0) is 16.9. The lowest BCUT2D eigenvalue weighted by Crippen LogP contribution is -2.45. The van der Waals surface area contributed by atoms with Crippen LogP contribution in [0.3, 0.4) is 0 Å². The van der Waals surface area contributed by atoms with Crippen molar-refractivity contribution in [3.63, 3.8) is 0 Å². The molecule has 2 aliphatic heterocycles. The van der Waals surface area contributed by atoms with Crippen molar-refractivity contribution in [2.24, 2.45) is 10.6 Å². The van der Waals surface area contributed by atoms with Gasteiger partial charge in [-0.15, -0.1) is 0 Å². The Kier molecular flexibility index (Phi) is 3.52. The fourth-order valence-electron chi connectivity index (χ4n) is 4.53. The SMILES string of the molecule is CO/N=C1\C[C@H]2c3ccccc3CCN2C2=C1C(=O)CC(C)(C)C2. The Balaban J connectivity index is 1.86. The van der Waals surface area contributed by atoms with Gasteiger partial charge in [-0.05, 0) is 29.4 Å². The van der Waals surface area contributed by atoms with Crippen molar-refractivity contribution in [3.8, 4) is 0 Å². The zero-order valence-electron chi connectivity index (χ0n) is 14.6. The van der Waals surface area contributed by atoms with Gasteiger partial charge in [0.25, 0.3) is 0 Å². The minimum Gasteiger partial charge on any atom is -0.399 e. The Labute approximate surface area is 143 Å². The number of nitrogens with zero attached hydrogens (tertiary/aromatic N) is 2. The van der Waals surface area contributed by atoms with Gasteiger partial charge in [-0.2, -0.15) is 0 Å². The molecule has 0 aromatic heterocycles. The molecule has 1 atom stereocenters. The first-order valence-corrected chi connectivity index (χ1v) is 8.71. The second-order valence-electron chi connectivity index (χ2n) is 7.85. The number of rotatable bonds is 1. The first-order chi connectivity index (χ1) is 11.5. The summed E-state index contributed by atoms with van der Waals surface area (Å²) in [6.07, 6.45) is 3.30. The highest BCUT2D eigenvalue weighted by atomic mass is 16.6. The van der Waals surface area contributed by atoms with E-state index in [4.69, 9.17) is 4.84 Å². The maximum atomic E-state index is 12.8. The summed E-state index contributed by atoms with van der Waals surface area (Å²) in [4.78, 5) is 20.4. The molecule has 2 heterocycles. The smallest absolute Gasteiger partial charge is 0.167 e. The van der Waals surface area contributed by atoms with E-state index in [0.717, 1.165) is 37.1 Å². The van der Waals surface area contributed by atoms with E-state index in [-0.39, 0.29) is 17.2 Å². The molecular formula is C20H24N2O2. The van der Waals surface area contributed by atoms with Crippen LogP contribution in [0.15, 0.2) is 40.7 Å². The molecule has 0 spiro atoms. The number of hydrogen-bond donors (Lipinski definition) is 0. The summed E-state index contributed by atoms with van der Waals surface area (Å²) >= 11 is 0. The van der Waals surface area contributed by atoms with Gasteiger partial charge < -0.3 is 9.74 Å². The molecule has 0 unspecified atom stereocenters.